The fourth-order valence-corrected chi connectivity index (χ4v) is 0. The van der Waals surface area contributed by atoms with E-state index in [1.54, 1.807) is 0 Å². The average molecular weight is 1150 g/mol. The molecule has 0 rings (SSSR count). The van der Waals surface area contributed by atoms with Gasteiger partial charge in [0.25, 0.3) is 0 Å². The maximum Gasteiger partial charge on any atom is -0.0776 e. The maximum absolute atomic E-state index is 0. The van der Waals surface area contributed by atoms with Gasteiger partial charge in [-0.25, -0.2) is 0 Å². The van der Waals surface area contributed by atoms with Crippen LogP contribution in [0.5, 0.6) is 0 Å². The zero-order chi connectivity index (χ0) is 0. The van der Waals surface area contributed by atoms with E-state index in [-0.39, 0.29) is 485 Å². The molecule has 0 fully saturated rings. The molecular weight excluding hydrogens is 990 g/mol. The Labute approximate surface area is 479 Å². The highest BCUT2D eigenvalue weighted by Crippen LogP contribution is 0.668. The lowest BCUT2D eigenvalue weighted by Gasteiger charge is -0.198. The van der Waals surface area contributed by atoms with Gasteiger partial charge in [-0.15, -0.1) is 0 Å². The highest BCUT2D eigenvalue weighted by molar-refractivity contribution is 7.61. The summed E-state index contributed by atoms with van der Waals surface area (Å²) in [6, 6.07) is 0. The Morgan fingerprint density at radius 1 is 0.0408 bits per heavy atom. The van der Waals surface area contributed by atoms with E-state index in [1.807, 2.05) is 0 Å². The first kappa shape index (κ1) is 3460. The lowest BCUT2D eigenvalue weighted by Crippen LogP contribution is 0.143. The fraction of sp³-hybridized carbons (Fsp3) is 1.00. The van der Waals surface area contributed by atoms with Crippen molar-refractivity contribution < 1.29 is 0 Å². The molecule has 0 aliphatic rings. The van der Waals surface area contributed by atoms with Gasteiger partial charge in [-0.1, -0.05) is 215 Å². The van der Waals surface area contributed by atoms with Crippen LogP contribution < -0.4 is 0 Å². The van der Waals surface area contributed by atoms with Crippen molar-refractivity contribution in [2.24, 2.45) is 0 Å². The number of rotatable bonds is 0. The molecule has 0 bridgehead atoms. The molecule has 0 N–H and O–H groups in total. The molecule has 0 aromatic rings. The Hall–Kier alpha value is 7.00. The Morgan fingerprint density at radius 2 is 0.0408 bits per heavy atom. The molecule has 0 nitrogen and oxygen atoms in total. The molecule has 0 amide bonds. The minimum Gasteiger partial charge on any atom is -0.197 e. The molecule has 0 unspecified atom stereocenters. The first-order chi connectivity index (χ1) is 0. The van der Waals surface area contributed by atoms with Crippen molar-refractivity contribution >= 4 is 270 Å². The molecule has 0 aromatic carbocycles. The molecule has 49 heavy (non-hydrogen) atoms. The zero-order valence-corrected chi connectivity index (χ0v) is 30.0. The van der Waals surface area contributed by atoms with Gasteiger partial charge < -0.3 is 0 Å². The zero-order valence-electron chi connectivity index (χ0n) is 10.0. The lowest BCUT2D eigenvalue weighted by molar-refractivity contribution is 2.50. The Kier molecular flexibility index (Phi) is 231000. The van der Waals surface area contributed by atoms with Crippen LogP contribution in [0.4, 0.5) is 0 Å². The van der Waals surface area contributed by atoms with Crippen LogP contribution in [-0.2, 0) is 0 Å². The van der Waals surface area contributed by atoms with Crippen LogP contribution in [0.1, 0.15) is 215 Å². The van der Waals surface area contributed by atoms with Crippen molar-refractivity contribution in [3.8, 4) is 0 Å². The van der Waals surface area contributed by atoms with Crippen molar-refractivity contribution in [3.05, 3.63) is 0 Å². The monoisotopic (exact) mass is 1140 g/mol. The molecule has 0 aliphatic heterocycles. The van der Waals surface area contributed by atoms with Gasteiger partial charge >= 0.3 is 0 Å². The van der Waals surface area contributed by atoms with Gasteiger partial charge in [0.1, 0.15) is 0 Å². The van der Waals surface area contributed by atoms with Gasteiger partial charge in [-0.05, 0) is 0 Å². The quantitative estimate of drug-likeness (QED) is 0.227. The second-order valence-corrected chi connectivity index (χ2v) is 0. The minimum absolute atomic E-state index is 0. The van der Waals surface area contributed by atoms with Crippen LogP contribution in [0.15, 0.2) is 0 Å². The van der Waals surface area contributed by atoms with E-state index in [4.69, 9.17) is 0 Å². The lowest BCUT2D eigenvalue weighted by atomic mass is 12.0. The van der Waals surface area contributed by atoms with Crippen molar-refractivity contribution in [2.75, 3.05) is 0 Å². The standard InChI is InChI=1S/29CH4.20H2S/h29*1H4;20*1H2. The van der Waals surface area contributed by atoms with Crippen LogP contribution in [0.3, 0.4) is 0 Å². The van der Waals surface area contributed by atoms with E-state index in [2.05, 4.69) is 0 Å². The first-order valence-corrected chi connectivity index (χ1v) is 0. The minimum atomic E-state index is 0. The Bertz CT molecular complexity index is 47.8. The number of hydrogen-bond donors (Lipinski definition) is 0. The highest BCUT2D eigenvalue weighted by Gasteiger charge is -0.0452. The second kappa shape index (κ2) is 3270. The molecule has 0 saturated heterocycles. The average Bonchev–Trinajstić information content (AvgIpc) is 0. The molecule has 0 heterocycles. The van der Waals surface area contributed by atoms with E-state index < -0.39 is 0 Å². The molecule has 20 heteroatoms. The van der Waals surface area contributed by atoms with Crippen molar-refractivity contribution in [2.45, 2.75) is 215 Å². The maximum atomic E-state index is 0. The third-order valence-corrected chi connectivity index (χ3v) is 0. The van der Waals surface area contributed by atoms with Gasteiger partial charge in [0.2, 0.25) is 0 Å². The summed E-state index contributed by atoms with van der Waals surface area (Å²) in [5.41, 5.74) is 0. The van der Waals surface area contributed by atoms with Gasteiger partial charge in [0.05, 0.1) is 0 Å². The Balaban J connectivity index is 0. The summed E-state index contributed by atoms with van der Waals surface area (Å²) in [5.74, 6) is 0. The topological polar surface area (TPSA) is 0 Å². The van der Waals surface area contributed by atoms with Crippen LogP contribution >= 0.6 is 270 Å². The largest absolute Gasteiger partial charge is 0.197 e. The number of hydrogen-bond acceptors (Lipinski definition) is 0. The normalized spacial score (nSPS) is 0. The summed E-state index contributed by atoms with van der Waals surface area (Å²) >= 11 is 0. The van der Waals surface area contributed by atoms with Gasteiger partial charge in [0.15, 0.2) is 0 Å². The summed E-state index contributed by atoms with van der Waals surface area (Å²) in [6.45, 7) is 0. The van der Waals surface area contributed by atoms with Crippen LogP contribution in [-0.4, -0.2) is 0 Å². The predicted octanol–water partition coefficient (Wildman–Crippen LogP) is 20.7. The second-order valence-electron chi connectivity index (χ2n) is 0. The van der Waals surface area contributed by atoms with Crippen LogP contribution in [0, 0.1) is 0 Å². The van der Waals surface area contributed by atoms with E-state index in [1.165, 1.54) is 0 Å². The van der Waals surface area contributed by atoms with Crippen LogP contribution in [0.2, 0.25) is 0 Å². The van der Waals surface area contributed by atoms with Crippen molar-refractivity contribution in [3.63, 3.8) is 0 Å². The summed E-state index contributed by atoms with van der Waals surface area (Å²) in [6.07, 6.45) is 0. The highest BCUT2D eigenvalue weighted by atomic mass is 32.1. The SMILES string of the molecule is C.C.C.C.C.C.C.C.C.C.C.C.C.C.C.C.C.C.C.C.C.C.C.C.C.C.C.C.C.S.S.S.S.S.S.S.S.S.S.S.S.S.S.S.S.S.S.S.S. The molecule has 0 spiro atoms. The van der Waals surface area contributed by atoms with Gasteiger partial charge in [-0.2, -0.15) is 270 Å². The van der Waals surface area contributed by atoms with E-state index in [9.17, 15) is 0 Å². The summed E-state index contributed by atoms with van der Waals surface area (Å²) in [7, 11) is 0. The molecule has 0 saturated carbocycles. The molecule has 0 aliphatic carbocycles. The van der Waals surface area contributed by atoms with Crippen molar-refractivity contribution in [1.29, 1.82) is 0 Å². The predicted molar refractivity (Wildman–Crippen MR) is 403 cm³/mol. The van der Waals surface area contributed by atoms with E-state index in [0.717, 1.165) is 0 Å². The molecule has 0 atom stereocenters. The third kappa shape index (κ3) is 3150. The molecule has 0 aromatic heterocycles. The summed E-state index contributed by atoms with van der Waals surface area (Å²) in [5, 5.41) is 0. The fourth-order valence-electron chi connectivity index (χ4n) is 0. The summed E-state index contributed by atoms with van der Waals surface area (Å²) < 4.78 is 0. The Morgan fingerprint density at radius 3 is 0.0408 bits per heavy atom. The first-order valence-electron chi connectivity index (χ1n) is 0. The smallest absolute Gasteiger partial charge is 0.0776 e. The van der Waals surface area contributed by atoms with Crippen molar-refractivity contribution in [1.82, 2.24) is 0 Å². The molecule has 0 radical (unpaired) electrons. The summed E-state index contributed by atoms with van der Waals surface area (Å²) in [4.78, 5) is 0. The van der Waals surface area contributed by atoms with Gasteiger partial charge in [0, 0.05) is 0 Å². The molecule has 392 valence electrons. The van der Waals surface area contributed by atoms with E-state index in [0.29, 0.717) is 0 Å². The van der Waals surface area contributed by atoms with E-state index >= 15 is 0 Å². The van der Waals surface area contributed by atoms with Crippen LogP contribution in [0.25, 0.3) is 0 Å². The molecular formula is C29H156S20. The third-order valence-electron chi connectivity index (χ3n) is 0. The van der Waals surface area contributed by atoms with Gasteiger partial charge in [-0.3, -0.25) is 0 Å².